The molecule has 1 aromatic heterocycles. The second kappa shape index (κ2) is 9.61. The molecule has 0 spiro atoms. The number of benzene rings is 1. The molecule has 2 aliphatic heterocycles. The van der Waals surface area contributed by atoms with Crippen molar-refractivity contribution in [3.63, 3.8) is 0 Å². The molecule has 3 heterocycles. The Morgan fingerprint density at radius 3 is 2.75 bits per heavy atom. The maximum absolute atomic E-state index is 13.5. The summed E-state index contributed by atoms with van der Waals surface area (Å²) >= 11 is 0. The van der Waals surface area contributed by atoms with Crippen LogP contribution in [0.25, 0.3) is 11.1 Å². The van der Waals surface area contributed by atoms with Gasteiger partial charge in [0.25, 0.3) is 5.91 Å². The summed E-state index contributed by atoms with van der Waals surface area (Å²) in [6.07, 6.45) is 4.98. The third-order valence-electron chi connectivity index (χ3n) is 6.09. The molecule has 2 saturated heterocycles. The summed E-state index contributed by atoms with van der Waals surface area (Å²) in [5.74, 6) is -0.441. The zero-order valence-corrected chi connectivity index (χ0v) is 18.5. The highest BCUT2D eigenvalue weighted by Crippen LogP contribution is 2.28. The topological polar surface area (TPSA) is 88.6 Å². The second-order valence-corrected chi connectivity index (χ2v) is 8.88. The van der Waals surface area contributed by atoms with Crippen molar-refractivity contribution in [2.45, 2.75) is 51.3 Å². The molecule has 168 valence electrons. The van der Waals surface area contributed by atoms with Crippen LogP contribution in [0.2, 0.25) is 0 Å². The van der Waals surface area contributed by atoms with Crippen molar-refractivity contribution in [3.05, 3.63) is 54.4 Å². The van der Waals surface area contributed by atoms with E-state index < -0.39 is 12.1 Å². The summed E-state index contributed by atoms with van der Waals surface area (Å²) < 4.78 is 5.59. The number of amides is 2. The van der Waals surface area contributed by atoms with Crippen molar-refractivity contribution < 1.29 is 19.1 Å². The number of ether oxygens (including phenoxy) is 1. The molecule has 0 aliphatic carbocycles. The molecule has 1 N–H and O–H groups in total. The van der Waals surface area contributed by atoms with Crippen LogP contribution in [0, 0.1) is 5.92 Å². The number of nitrogens with one attached hydrogen (secondary N) is 1. The fraction of sp³-hybridized carbons (Fsp3) is 0.440. The van der Waals surface area contributed by atoms with Crippen LogP contribution in [0.15, 0.2) is 48.8 Å². The Bertz CT molecular complexity index is 992. The van der Waals surface area contributed by atoms with Crippen molar-refractivity contribution in [2.24, 2.45) is 5.92 Å². The largest absolute Gasteiger partial charge is 0.368 e. The highest BCUT2D eigenvalue weighted by atomic mass is 16.5. The summed E-state index contributed by atoms with van der Waals surface area (Å²) in [5, 5.41) is 2.94. The number of likely N-dealkylation sites (tertiary alicyclic amines) is 1. The molecule has 2 amide bonds. The third kappa shape index (κ3) is 4.58. The zero-order valence-electron chi connectivity index (χ0n) is 18.5. The highest BCUT2D eigenvalue weighted by molar-refractivity contribution is 6.03. The molecule has 2 fully saturated rings. The van der Waals surface area contributed by atoms with Gasteiger partial charge in [0.2, 0.25) is 5.91 Å². The van der Waals surface area contributed by atoms with E-state index in [0.717, 1.165) is 24.0 Å². The molecule has 7 heteroatoms. The van der Waals surface area contributed by atoms with E-state index in [1.165, 1.54) is 6.20 Å². The minimum absolute atomic E-state index is 0.0520. The molecule has 2 aliphatic rings. The Hall–Kier alpha value is -3.06. The monoisotopic (exact) mass is 435 g/mol. The number of carbonyl (C=O) groups is 3. The molecule has 0 saturated carbocycles. The minimum atomic E-state index is -0.724. The highest BCUT2D eigenvalue weighted by Gasteiger charge is 2.45. The van der Waals surface area contributed by atoms with Crippen molar-refractivity contribution in [1.82, 2.24) is 15.2 Å². The maximum Gasteiger partial charge on any atom is 0.254 e. The molecule has 32 heavy (non-hydrogen) atoms. The van der Waals surface area contributed by atoms with Gasteiger partial charge in [0.1, 0.15) is 18.7 Å². The third-order valence-corrected chi connectivity index (χ3v) is 6.09. The lowest BCUT2D eigenvalue weighted by Gasteiger charge is -2.37. The van der Waals surface area contributed by atoms with Gasteiger partial charge in [0.05, 0.1) is 11.7 Å². The minimum Gasteiger partial charge on any atom is -0.368 e. The first-order valence-electron chi connectivity index (χ1n) is 11.2. The van der Waals surface area contributed by atoms with Crippen LogP contribution >= 0.6 is 0 Å². The number of carbonyl (C=O) groups excluding carboxylic acids is 3. The van der Waals surface area contributed by atoms with Gasteiger partial charge < -0.3 is 15.0 Å². The van der Waals surface area contributed by atoms with Gasteiger partial charge in [-0.1, -0.05) is 44.2 Å². The normalized spacial score (nSPS) is 21.3. The maximum atomic E-state index is 13.5. The van der Waals surface area contributed by atoms with E-state index in [0.29, 0.717) is 18.5 Å². The first kappa shape index (κ1) is 22.1. The first-order chi connectivity index (χ1) is 15.5. The van der Waals surface area contributed by atoms with Crippen LogP contribution in [0.5, 0.6) is 0 Å². The quantitative estimate of drug-likeness (QED) is 0.754. The summed E-state index contributed by atoms with van der Waals surface area (Å²) in [7, 11) is 0. The number of Topliss-reactive ketones (excluding diaryl/α,β-unsaturated/α-hetero) is 1. The lowest BCUT2D eigenvalue weighted by Crippen LogP contribution is -2.58. The van der Waals surface area contributed by atoms with Crippen molar-refractivity contribution >= 4 is 17.6 Å². The van der Waals surface area contributed by atoms with E-state index in [2.05, 4.69) is 10.3 Å². The fourth-order valence-electron chi connectivity index (χ4n) is 4.61. The van der Waals surface area contributed by atoms with Gasteiger partial charge >= 0.3 is 0 Å². The molecule has 0 bridgehead atoms. The van der Waals surface area contributed by atoms with Crippen LogP contribution in [0.3, 0.4) is 0 Å². The average molecular weight is 436 g/mol. The predicted molar refractivity (Wildman–Crippen MR) is 120 cm³/mol. The SMILES string of the molecule is CC(C)CC(NC(=O)c1cnccc1-c1ccccc1)C(=O)N1CCCC2OCC(=O)C21. The van der Waals surface area contributed by atoms with Gasteiger partial charge in [-0.2, -0.15) is 0 Å². The van der Waals surface area contributed by atoms with Crippen LogP contribution in [0.1, 0.15) is 43.5 Å². The van der Waals surface area contributed by atoms with Gasteiger partial charge in [-0.3, -0.25) is 19.4 Å². The number of piperidine rings is 1. The molecule has 1 aromatic carbocycles. The molecule has 0 radical (unpaired) electrons. The van der Waals surface area contributed by atoms with E-state index in [-0.39, 0.29) is 36.2 Å². The summed E-state index contributed by atoms with van der Waals surface area (Å²) in [5.41, 5.74) is 2.07. The van der Waals surface area contributed by atoms with Crippen molar-refractivity contribution in [1.29, 1.82) is 0 Å². The van der Waals surface area contributed by atoms with E-state index in [1.807, 2.05) is 44.2 Å². The van der Waals surface area contributed by atoms with Crippen LogP contribution in [0.4, 0.5) is 0 Å². The standard InChI is InChI=1S/C25H29N3O4/c1-16(2)13-20(25(31)28-12-6-9-22-23(28)21(29)15-32-22)27-24(30)19-14-26-11-10-18(19)17-7-4-3-5-8-17/h3-5,7-8,10-11,14,16,20,22-23H,6,9,12-13,15H2,1-2H3,(H,27,30). The molecular formula is C25H29N3O4. The molecule has 4 rings (SSSR count). The van der Waals surface area contributed by atoms with Gasteiger partial charge in [-0.15, -0.1) is 0 Å². The number of hydrogen-bond donors (Lipinski definition) is 1. The number of pyridine rings is 1. The number of hydrogen-bond acceptors (Lipinski definition) is 5. The van der Waals surface area contributed by atoms with Gasteiger partial charge in [-0.05, 0) is 42.4 Å². The van der Waals surface area contributed by atoms with Crippen LogP contribution in [-0.2, 0) is 14.3 Å². The molecule has 2 aromatic rings. The van der Waals surface area contributed by atoms with Crippen molar-refractivity contribution in [2.75, 3.05) is 13.2 Å². The summed E-state index contributed by atoms with van der Waals surface area (Å²) in [6.45, 7) is 4.57. The Balaban J connectivity index is 1.58. The van der Waals surface area contributed by atoms with E-state index in [1.54, 1.807) is 17.2 Å². The zero-order chi connectivity index (χ0) is 22.7. The Morgan fingerprint density at radius 1 is 1.22 bits per heavy atom. The molecular weight excluding hydrogens is 406 g/mol. The lowest BCUT2D eigenvalue weighted by molar-refractivity contribution is -0.142. The lowest BCUT2D eigenvalue weighted by atomic mass is 9.94. The number of aromatic nitrogens is 1. The molecule has 3 unspecified atom stereocenters. The molecule has 3 atom stereocenters. The van der Waals surface area contributed by atoms with E-state index in [9.17, 15) is 14.4 Å². The smallest absolute Gasteiger partial charge is 0.254 e. The van der Waals surface area contributed by atoms with E-state index in [4.69, 9.17) is 4.74 Å². The predicted octanol–water partition coefficient (Wildman–Crippen LogP) is 2.85. The van der Waals surface area contributed by atoms with Gasteiger partial charge in [0.15, 0.2) is 5.78 Å². The summed E-state index contributed by atoms with van der Waals surface area (Å²) in [4.78, 5) is 45.0. The van der Waals surface area contributed by atoms with Crippen LogP contribution < -0.4 is 5.32 Å². The number of ketones is 1. The van der Waals surface area contributed by atoms with Crippen molar-refractivity contribution in [3.8, 4) is 11.1 Å². The Morgan fingerprint density at radius 2 is 2.00 bits per heavy atom. The Kier molecular flexibility index (Phi) is 6.65. The average Bonchev–Trinajstić information content (AvgIpc) is 3.19. The van der Waals surface area contributed by atoms with Crippen LogP contribution in [-0.4, -0.2) is 58.8 Å². The number of fused-ring (bicyclic) bond motifs is 1. The fourth-order valence-corrected chi connectivity index (χ4v) is 4.61. The van der Waals surface area contributed by atoms with Gasteiger partial charge in [-0.25, -0.2) is 0 Å². The Labute approximate surface area is 188 Å². The second-order valence-electron chi connectivity index (χ2n) is 8.88. The summed E-state index contributed by atoms with van der Waals surface area (Å²) in [6, 6.07) is 10.1. The van der Waals surface area contributed by atoms with E-state index >= 15 is 0 Å². The number of nitrogens with zero attached hydrogens (tertiary/aromatic N) is 2. The first-order valence-corrected chi connectivity index (χ1v) is 11.2. The number of rotatable bonds is 6. The molecule has 7 nitrogen and oxygen atoms in total. The van der Waals surface area contributed by atoms with Gasteiger partial charge in [0, 0.05) is 18.9 Å².